The van der Waals surface area contributed by atoms with Crippen LogP contribution in [-0.4, -0.2) is 18.1 Å². The van der Waals surface area contributed by atoms with E-state index in [1.165, 1.54) is 13.1 Å². The Balaban J connectivity index is 3.45. The van der Waals surface area contributed by atoms with Gasteiger partial charge in [0.2, 0.25) is 0 Å². The summed E-state index contributed by atoms with van der Waals surface area (Å²) >= 11 is 1.78. The molecule has 1 aromatic rings. The highest BCUT2D eigenvalue weighted by molar-refractivity contribution is 14.1. The molecule has 0 aromatic carbocycles. The molecule has 0 bridgehead atoms. The predicted molar refractivity (Wildman–Crippen MR) is 58.0 cm³/mol. The topological polar surface area (TPSA) is 39.2 Å². The van der Waals surface area contributed by atoms with Crippen molar-refractivity contribution in [2.75, 3.05) is 7.11 Å². The number of ether oxygens (including phenoxy) is 1. The Kier molecular flexibility index (Phi) is 3.95. The number of pyridine rings is 1. The van der Waals surface area contributed by atoms with Crippen LogP contribution in [0, 0.1) is 10.5 Å². The van der Waals surface area contributed by atoms with Crippen LogP contribution in [0.25, 0.3) is 0 Å². The maximum Gasteiger partial charge on any atom is 0.339 e. The molecule has 0 aliphatic heterocycles. The zero-order valence-corrected chi connectivity index (χ0v) is 10.2. The standard InChI is InChI=1S/C9H8F2INO2/c1-4-6(8(10)11)7(9(14)15-2)5(12)3-13-4/h3,8H,1-2H3. The van der Waals surface area contributed by atoms with E-state index in [0.29, 0.717) is 3.57 Å². The zero-order chi connectivity index (χ0) is 11.6. The van der Waals surface area contributed by atoms with Gasteiger partial charge in [0.1, 0.15) is 0 Å². The molecule has 0 atom stereocenters. The number of halogens is 3. The van der Waals surface area contributed by atoms with Crippen molar-refractivity contribution in [2.45, 2.75) is 13.3 Å². The number of carbonyl (C=O) groups is 1. The molecule has 0 aliphatic carbocycles. The third-order valence-corrected chi connectivity index (χ3v) is 2.70. The van der Waals surface area contributed by atoms with E-state index in [2.05, 4.69) is 9.72 Å². The van der Waals surface area contributed by atoms with Gasteiger partial charge in [0.15, 0.2) is 0 Å². The van der Waals surface area contributed by atoms with Crippen molar-refractivity contribution in [3.63, 3.8) is 0 Å². The normalized spacial score (nSPS) is 10.5. The Morgan fingerprint density at radius 3 is 2.67 bits per heavy atom. The van der Waals surface area contributed by atoms with Crippen LogP contribution in [-0.2, 0) is 4.74 Å². The van der Waals surface area contributed by atoms with E-state index < -0.39 is 12.4 Å². The first kappa shape index (κ1) is 12.3. The number of alkyl halides is 2. The van der Waals surface area contributed by atoms with Crippen LogP contribution in [0.3, 0.4) is 0 Å². The monoisotopic (exact) mass is 327 g/mol. The van der Waals surface area contributed by atoms with Gasteiger partial charge in [0, 0.05) is 15.5 Å². The Bertz CT molecular complexity index is 396. The van der Waals surface area contributed by atoms with Crippen molar-refractivity contribution in [3.8, 4) is 0 Å². The van der Waals surface area contributed by atoms with Gasteiger partial charge in [0.05, 0.1) is 18.2 Å². The molecule has 1 heterocycles. The summed E-state index contributed by atoms with van der Waals surface area (Å²) in [5.74, 6) is -0.764. The van der Waals surface area contributed by atoms with Crippen LogP contribution in [0.15, 0.2) is 6.20 Å². The van der Waals surface area contributed by atoms with E-state index >= 15 is 0 Å². The summed E-state index contributed by atoms with van der Waals surface area (Å²) in [5, 5.41) is 0. The molecule has 0 saturated carbocycles. The third-order valence-electron chi connectivity index (χ3n) is 1.88. The van der Waals surface area contributed by atoms with Crippen LogP contribution < -0.4 is 0 Å². The number of hydrogen-bond acceptors (Lipinski definition) is 3. The van der Waals surface area contributed by atoms with Gasteiger partial charge in [-0.05, 0) is 29.5 Å². The third kappa shape index (κ3) is 2.42. The van der Waals surface area contributed by atoms with Gasteiger partial charge in [-0.2, -0.15) is 0 Å². The number of aryl methyl sites for hydroxylation is 1. The van der Waals surface area contributed by atoms with Crippen LogP contribution >= 0.6 is 22.6 Å². The van der Waals surface area contributed by atoms with Crippen LogP contribution in [0.4, 0.5) is 8.78 Å². The average Bonchev–Trinajstić information content (AvgIpc) is 2.19. The minimum atomic E-state index is -2.73. The molecule has 1 aromatic heterocycles. The summed E-state index contributed by atoms with van der Waals surface area (Å²) in [7, 11) is 1.16. The summed E-state index contributed by atoms with van der Waals surface area (Å²) in [6.07, 6.45) is -1.37. The maximum atomic E-state index is 12.7. The zero-order valence-electron chi connectivity index (χ0n) is 8.05. The molecule has 6 heteroatoms. The lowest BCUT2D eigenvalue weighted by molar-refractivity contribution is 0.0587. The van der Waals surface area contributed by atoms with E-state index in [1.807, 2.05) is 0 Å². The number of rotatable bonds is 2. The fraction of sp³-hybridized carbons (Fsp3) is 0.333. The highest BCUT2D eigenvalue weighted by Crippen LogP contribution is 2.28. The van der Waals surface area contributed by atoms with Gasteiger partial charge in [0.25, 0.3) is 6.43 Å². The molecule has 0 N–H and O–H groups in total. The Morgan fingerprint density at radius 1 is 1.60 bits per heavy atom. The van der Waals surface area contributed by atoms with Crippen LogP contribution in [0.5, 0.6) is 0 Å². The first-order valence-corrected chi connectivity index (χ1v) is 5.08. The van der Waals surface area contributed by atoms with Crippen molar-refractivity contribution < 1.29 is 18.3 Å². The summed E-state index contributed by atoms with van der Waals surface area (Å²) in [4.78, 5) is 15.1. The second-order valence-corrected chi connectivity index (χ2v) is 3.93. The molecule has 0 amide bonds. The SMILES string of the molecule is COC(=O)c1c(I)cnc(C)c1C(F)F. The summed E-state index contributed by atoms with van der Waals surface area (Å²) in [6, 6.07) is 0. The molecule has 0 saturated heterocycles. The van der Waals surface area contributed by atoms with Gasteiger partial charge >= 0.3 is 5.97 Å². The number of methoxy groups -OCH3 is 1. The first-order valence-electron chi connectivity index (χ1n) is 4.00. The van der Waals surface area contributed by atoms with Crippen LogP contribution in [0.2, 0.25) is 0 Å². The number of esters is 1. The molecule has 1 rings (SSSR count). The molecule has 0 radical (unpaired) electrons. The summed E-state index contributed by atoms with van der Waals surface area (Å²) < 4.78 is 30.2. The lowest BCUT2D eigenvalue weighted by atomic mass is 10.1. The minimum Gasteiger partial charge on any atom is -0.465 e. The second kappa shape index (κ2) is 4.82. The molecule has 0 fully saturated rings. The molecule has 82 valence electrons. The largest absolute Gasteiger partial charge is 0.465 e. The summed E-state index contributed by atoms with van der Waals surface area (Å²) in [6.45, 7) is 1.43. The quantitative estimate of drug-likeness (QED) is 0.619. The predicted octanol–water partition coefficient (Wildman–Crippen LogP) is 2.72. The highest BCUT2D eigenvalue weighted by Gasteiger charge is 2.24. The second-order valence-electron chi connectivity index (χ2n) is 2.77. The van der Waals surface area contributed by atoms with Crippen molar-refractivity contribution in [3.05, 3.63) is 26.6 Å². The van der Waals surface area contributed by atoms with Crippen molar-refractivity contribution in [1.82, 2.24) is 4.98 Å². The van der Waals surface area contributed by atoms with E-state index in [-0.39, 0.29) is 16.8 Å². The highest BCUT2D eigenvalue weighted by atomic mass is 127. The molecule has 15 heavy (non-hydrogen) atoms. The van der Waals surface area contributed by atoms with Crippen molar-refractivity contribution in [1.29, 1.82) is 0 Å². The number of aromatic nitrogens is 1. The number of hydrogen-bond donors (Lipinski definition) is 0. The fourth-order valence-corrected chi connectivity index (χ4v) is 1.82. The molecule has 0 aliphatic rings. The van der Waals surface area contributed by atoms with Gasteiger partial charge in [-0.15, -0.1) is 0 Å². The molecule has 0 unspecified atom stereocenters. The number of nitrogens with zero attached hydrogens (tertiary/aromatic N) is 1. The van der Waals surface area contributed by atoms with Gasteiger partial charge in [-0.25, -0.2) is 13.6 Å². The fourth-order valence-electron chi connectivity index (χ4n) is 1.17. The molecular formula is C9H8F2INO2. The smallest absolute Gasteiger partial charge is 0.339 e. The Labute approximate surface area is 99.0 Å². The average molecular weight is 327 g/mol. The van der Waals surface area contributed by atoms with Crippen molar-refractivity contribution >= 4 is 28.6 Å². The van der Waals surface area contributed by atoms with E-state index in [0.717, 1.165) is 7.11 Å². The van der Waals surface area contributed by atoms with Gasteiger partial charge < -0.3 is 4.74 Å². The van der Waals surface area contributed by atoms with Gasteiger partial charge in [-0.3, -0.25) is 4.98 Å². The lowest BCUT2D eigenvalue weighted by Crippen LogP contribution is -2.11. The summed E-state index contributed by atoms with van der Waals surface area (Å²) in [5.41, 5.74) is -0.305. The number of carbonyl (C=O) groups excluding carboxylic acids is 1. The maximum absolute atomic E-state index is 12.7. The van der Waals surface area contributed by atoms with E-state index in [1.54, 1.807) is 22.6 Å². The molecule has 3 nitrogen and oxygen atoms in total. The van der Waals surface area contributed by atoms with E-state index in [4.69, 9.17) is 0 Å². The Hall–Kier alpha value is -0.790. The minimum absolute atomic E-state index is 0.0967. The molecular weight excluding hydrogens is 319 g/mol. The molecule has 0 spiro atoms. The Morgan fingerprint density at radius 2 is 2.20 bits per heavy atom. The van der Waals surface area contributed by atoms with E-state index in [9.17, 15) is 13.6 Å². The lowest BCUT2D eigenvalue weighted by Gasteiger charge is -2.10. The van der Waals surface area contributed by atoms with Gasteiger partial charge in [-0.1, -0.05) is 0 Å². The van der Waals surface area contributed by atoms with Crippen molar-refractivity contribution in [2.24, 2.45) is 0 Å². The van der Waals surface area contributed by atoms with Crippen LogP contribution in [0.1, 0.15) is 28.0 Å². The first-order chi connectivity index (χ1) is 6.99.